The summed E-state index contributed by atoms with van der Waals surface area (Å²) in [7, 11) is 0. The Morgan fingerprint density at radius 1 is 0.350 bits per heavy atom. The molecule has 0 heterocycles. The number of esters is 3. The number of carbonyl (C=O) groups is 3. The quantitative estimate of drug-likeness (QED) is 0.0263. The summed E-state index contributed by atoms with van der Waals surface area (Å²) >= 11 is 0. The maximum atomic E-state index is 12.7. The molecule has 0 spiro atoms. The van der Waals surface area contributed by atoms with Gasteiger partial charge in [0, 0.05) is 19.3 Å². The fourth-order valence-corrected chi connectivity index (χ4v) is 6.92. The molecule has 346 valence electrons. The first-order valence-electron chi connectivity index (χ1n) is 25.3. The van der Waals surface area contributed by atoms with Gasteiger partial charge in [-0.1, -0.05) is 191 Å². The monoisotopic (exact) mass is 839 g/mol. The minimum Gasteiger partial charge on any atom is -0.462 e. The predicted octanol–water partition coefficient (Wildman–Crippen LogP) is 16.5. The summed E-state index contributed by atoms with van der Waals surface area (Å²) in [5.41, 5.74) is 0. The van der Waals surface area contributed by atoms with Crippen LogP contribution in [0.5, 0.6) is 0 Å². The predicted molar refractivity (Wildman–Crippen MR) is 256 cm³/mol. The van der Waals surface area contributed by atoms with Crippen LogP contribution in [0.25, 0.3) is 0 Å². The minimum absolute atomic E-state index is 0.0954. The van der Waals surface area contributed by atoms with E-state index in [0.717, 1.165) is 77.0 Å². The molecule has 0 fully saturated rings. The molecule has 0 amide bonds. The Labute approximate surface area is 370 Å². The largest absolute Gasteiger partial charge is 0.462 e. The van der Waals surface area contributed by atoms with Gasteiger partial charge in [-0.3, -0.25) is 14.4 Å². The summed E-state index contributed by atoms with van der Waals surface area (Å²) in [5.74, 6) is -0.965. The number of allylic oxidation sites excluding steroid dienone is 10. The highest BCUT2D eigenvalue weighted by atomic mass is 16.6. The number of rotatable bonds is 45. The van der Waals surface area contributed by atoms with E-state index in [4.69, 9.17) is 14.2 Å². The molecular formula is C54H94O6. The number of hydrogen-bond donors (Lipinski definition) is 0. The van der Waals surface area contributed by atoms with Crippen LogP contribution in [0.4, 0.5) is 0 Å². The zero-order valence-electron chi connectivity index (χ0n) is 39.5. The highest BCUT2D eigenvalue weighted by Gasteiger charge is 2.19. The lowest BCUT2D eigenvalue weighted by atomic mass is 10.1. The molecule has 0 aromatic heterocycles. The van der Waals surface area contributed by atoms with E-state index in [0.29, 0.717) is 19.3 Å². The molecule has 0 aromatic rings. The van der Waals surface area contributed by atoms with Crippen LogP contribution < -0.4 is 0 Å². The van der Waals surface area contributed by atoms with Crippen LogP contribution in [0.3, 0.4) is 0 Å². The van der Waals surface area contributed by atoms with Crippen molar-refractivity contribution in [1.29, 1.82) is 0 Å². The molecule has 6 heteroatoms. The first-order valence-corrected chi connectivity index (χ1v) is 25.3. The average molecular weight is 839 g/mol. The summed E-state index contributed by atoms with van der Waals surface area (Å²) in [6.07, 6.45) is 59.3. The lowest BCUT2D eigenvalue weighted by molar-refractivity contribution is -0.167. The van der Waals surface area contributed by atoms with E-state index in [1.54, 1.807) is 0 Å². The van der Waals surface area contributed by atoms with E-state index >= 15 is 0 Å². The maximum absolute atomic E-state index is 12.7. The molecule has 6 nitrogen and oxygen atoms in total. The van der Waals surface area contributed by atoms with Crippen molar-refractivity contribution in [3.63, 3.8) is 0 Å². The van der Waals surface area contributed by atoms with Crippen LogP contribution in [0, 0.1) is 0 Å². The van der Waals surface area contributed by atoms with Crippen molar-refractivity contribution in [2.45, 2.75) is 252 Å². The third kappa shape index (κ3) is 46.2. The Bertz CT molecular complexity index is 1100. The molecule has 0 aliphatic carbocycles. The van der Waals surface area contributed by atoms with Crippen molar-refractivity contribution in [3.05, 3.63) is 60.8 Å². The Morgan fingerprint density at radius 3 is 1.13 bits per heavy atom. The second-order valence-electron chi connectivity index (χ2n) is 16.7. The third-order valence-electron chi connectivity index (χ3n) is 10.7. The zero-order valence-corrected chi connectivity index (χ0v) is 39.5. The fraction of sp³-hybridized carbons (Fsp3) is 0.759. The molecule has 0 saturated heterocycles. The van der Waals surface area contributed by atoms with Crippen LogP contribution in [0.2, 0.25) is 0 Å². The molecule has 0 bridgehead atoms. The van der Waals surface area contributed by atoms with Crippen LogP contribution in [-0.4, -0.2) is 37.2 Å². The maximum Gasteiger partial charge on any atom is 0.306 e. The molecule has 0 aromatic carbocycles. The van der Waals surface area contributed by atoms with E-state index in [2.05, 4.69) is 81.5 Å². The van der Waals surface area contributed by atoms with Gasteiger partial charge in [-0.25, -0.2) is 0 Å². The fourth-order valence-electron chi connectivity index (χ4n) is 6.92. The molecule has 0 aliphatic heterocycles. The van der Waals surface area contributed by atoms with Crippen molar-refractivity contribution in [2.75, 3.05) is 13.2 Å². The van der Waals surface area contributed by atoms with Gasteiger partial charge < -0.3 is 14.2 Å². The molecule has 0 aliphatic rings. The van der Waals surface area contributed by atoms with Crippen LogP contribution in [0.15, 0.2) is 60.8 Å². The number of unbranched alkanes of at least 4 members (excludes halogenated alkanes) is 24. The normalized spacial score (nSPS) is 12.5. The van der Waals surface area contributed by atoms with Gasteiger partial charge in [0.25, 0.3) is 0 Å². The van der Waals surface area contributed by atoms with Gasteiger partial charge in [-0.15, -0.1) is 0 Å². The summed E-state index contributed by atoms with van der Waals surface area (Å²) < 4.78 is 16.7. The number of carbonyl (C=O) groups excluding carboxylic acids is 3. The lowest BCUT2D eigenvalue weighted by Crippen LogP contribution is -2.30. The van der Waals surface area contributed by atoms with E-state index in [-0.39, 0.29) is 37.5 Å². The Kier molecular flexibility index (Phi) is 46.4. The zero-order chi connectivity index (χ0) is 43.7. The Hall–Kier alpha value is -2.89. The Morgan fingerprint density at radius 2 is 0.667 bits per heavy atom. The third-order valence-corrected chi connectivity index (χ3v) is 10.7. The van der Waals surface area contributed by atoms with Crippen LogP contribution >= 0.6 is 0 Å². The van der Waals surface area contributed by atoms with Gasteiger partial charge in [0.15, 0.2) is 6.10 Å². The minimum atomic E-state index is -0.798. The van der Waals surface area contributed by atoms with Crippen molar-refractivity contribution < 1.29 is 28.6 Å². The molecule has 0 saturated carbocycles. The van der Waals surface area contributed by atoms with Gasteiger partial charge in [0.2, 0.25) is 0 Å². The summed E-state index contributed by atoms with van der Waals surface area (Å²) in [5, 5.41) is 0. The molecule has 1 unspecified atom stereocenters. The standard InChI is InChI=1S/C54H94O6/c1-4-7-10-13-16-19-22-24-25-26-27-28-29-30-33-35-38-41-44-47-53(56)59-50-51(49-58-52(55)46-43-40-37-34-31-21-18-15-12-9-6-3)60-54(57)48-45-42-39-36-32-23-20-17-14-11-8-5-2/h9,12,17-18,20-21,26-27,34,37,51H,4-8,10-11,13-16,19,22-25,28-33,35-36,38-50H2,1-3H3/b12-9-,20-17-,21-18-,27-26-,37-34-. The lowest BCUT2D eigenvalue weighted by Gasteiger charge is -2.18. The molecule has 0 radical (unpaired) electrons. The first-order chi connectivity index (χ1) is 29.5. The second kappa shape index (κ2) is 48.8. The van der Waals surface area contributed by atoms with Crippen molar-refractivity contribution >= 4 is 17.9 Å². The summed E-state index contributed by atoms with van der Waals surface area (Å²) in [6.45, 7) is 6.44. The highest BCUT2D eigenvalue weighted by Crippen LogP contribution is 2.14. The molecular weight excluding hydrogens is 745 g/mol. The van der Waals surface area contributed by atoms with Crippen LogP contribution in [-0.2, 0) is 28.6 Å². The molecule has 60 heavy (non-hydrogen) atoms. The average Bonchev–Trinajstić information content (AvgIpc) is 3.24. The van der Waals surface area contributed by atoms with E-state index in [9.17, 15) is 14.4 Å². The Balaban J connectivity index is 4.36. The SMILES string of the molecule is CC/C=C\C/C=C\C/C=C\CCCC(=O)OCC(COC(=O)CCCCCCCCC/C=C\CCCCCCCCCC)OC(=O)CCCCCCC/C=C\CCCCC. The van der Waals surface area contributed by atoms with E-state index < -0.39 is 6.10 Å². The number of ether oxygens (including phenoxy) is 3. The van der Waals surface area contributed by atoms with E-state index in [1.165, 1.54) is 122 Å². The van der Waals surface area contributed by atoms with Gasteiger partial charge >= 0.3 is 17.9 Å². The van der Waals surface area contributed by atoms with Crippen molar-refractivity contribution in [3.8, 4) is 0 Å². The van der Waals surface area contributed by atoms with Crippen LogP contribution in [0.1, 0.15) is 245 Å². The van der Waals surface area contributed by atoms with Gasteiger partial charge in [0.05, 0.1) is 0 Å². The summed E-state index contributed by atoms with van der Waals surface area (Å²) in [6, 6.07) is 0. The van der Waals surface area contributed by atoms with Gasteiger partial charge in [0.1, 0.15) is 13.2 Å². The second-order valence-corrected chi connectivity index (χ2v) is 16.7. The van der Waals surface area contributed by atoms with E-state index in [1.807, 2.05) is 0 Å². The molecule has 1 atom stereocenters. The first kappa shape index (κ1) is 57.1. The molecule has 0 rings (SSSR count). The number of hydrogen-bond acceptors (Lipinski definition) is 6. The van der Waals surface area contributed by atoms with Gasteiger partial charge in [-0.05, 0) is 96.3 Å². The molecule has 0 N–H and O–H groups in total. The topological polar surface area (TPSA) is 78.9 Å². The smallest absolute Gasteiger partial charge is 0.306 e. The van der Waals surface area contributed by atoms with Crippen molar-refractivity contribution in [2.24, 2.45) is 0 Å². The highest BCUT2D eigenvalue weighted by molar-refractivity contribution is 5.71. The van der Waals surface area contributed by atoms with Gasteiger partial charge in [-0.2, -0.15) is 0 Å². The summed E-state index contributed by atoms with van der Waals surface area (Å²) in [4.78, 5) is 37.8. The van der Waals surface area contributed by atoms with Crippen molar-refractivity contribution in [1.82, 2.24) is 0 Å².